The highest BCUT2D eigenvalue weighted by Crippen LogP contribution is 2.31. The number of anilines is 2. The van der Waals surface area contributed by atoms with Gasteiger partial charge in [-0.05, 0) is 26.8 Å². The standard InChI is InChI=1S/C13H20N4O3/c1-9-7-16(8-13(2,3)20-9)11-4-10(15-14)5-12(6-11)17(18)19/h4-6,9,15H,7-8,14H2,1-3H3. The van der Waals surface area contributed by atoms with E-state index in [2.05, 4.69) is 10.3 Å². The minimum atomic E-state index is -0.417. The first-order chi connectivity index (χ1) is 9.30. The van der Waals surface area contributed by atoms with E-state index >= 15 is 0 Å². The third-order valence-corrected chi connectivity index (χ3v) is 3.21. The molecule has 0 aromatic heterocycles. The minimum absolute atomic E-state index is 0.0207. The average molecular weight is 280 g/mol. The van der Waals surface area contributed by atoms with Crippen LogP contribution in [0, 0.1) is 10.1 Å². The molecule has 1 aliphatic heterocycles. The van der Waals surface area contributed by atoms with E-state index in [-0.39, 0.29) is 17.4 Å². The third-order valence-electron chi connectivity index (χ3n) is 3.21. The molecule has 20 heavy (non-hydrogen) atoms. The van der Waals surface area contributed by atoms with Gasteiger partial charge in [0, 0.05) is 30.9 Å². The zero-order valence-electron chi connectivity index (χ0n) is 11.9. The van der Waals surface area contributed by atoms with Crippen LogP contribution >= 0.6 is 0 Å². The number of hydrazine groups is 1. The number of non-ortho nitro benzene ring substituents is 1. The highest BCUT2D eigenvalue weighted by atomic mass is 16.6. The van der Waals surface area contributed by atoms with E-state index in [0.29, 0.717) is 18.8 Å². The molecule has 3 N–H and O–H groups in total. The van der Waals surface area contributed by atoms with Gasteiger partial charge in [-0.1, -0.05) is 0 Å². The van der Waals surface area contributed by atoms with Gasteiger partial charge in [-0.3, -0.25) is 16.0 Å². The zero-order valence-corrected chi connectivity index (χ0v) is 11.9. The maximum absolute atomic E-state index is 11.0. The van der Waals surface area contributed by atoms with E-state index in [4.69, 9.17) is 10.6 Å². The van der Waals surface area contributed by atoms with Gasteiger partial charge in [-0.2, -0.15) is 0 Å². The van der Waals surface area contributed by atoms with E-state index in [0.717, 1.165) is 5.69 Å². The van der Waals surface area contributed by atoms with Gasteiger partial charge < -0.3 is 15.1 Å². The molecule has 2 rings (SSSR count). The molecule has 0 aliphatic carbocycles. The van der Waals surface area contributed by atoms with E-state index in [9.17, 15) is 10.1 Å². The fourth-order valence-corrected chi connectivity index (χ4v) is 2.62. The molecule has 1 fully saturated rings. The molecule has 7 heteroatoms. The topological polar surface area (TPSA) is 93.7 Å². The van der Waals surface area contributed by atoms with Crippen LogP contribution < -0.4 is 16.2 Å². The molecule has 1 aromatic rings. The molecule has 1 aliphatic rings. The second kappa shape index (κ2) is 5.26. The second-order valence-electron chi connectivity index (χ2n) is 5.71. The monoisotopic (exact) mass is 280 g/mol. The molecule has 1 saturated heterocycles. The number of nitrogens with two attached hydrogens (primary N) is 1. The van der Waals surface area contributed by atoms with Crippen molar-refractivity contribution in [2.75, 3.05) is 23.4 Å². The number of nitrogens with one attached hydrogen (secondary N) is 1. The zero-order chi connectivity index (χ0) is 14.9. The highest BCUT2D eigenvalue weighted by Gasteiger charge is 2.32. The van der Waals surface area contributed by atoms with Crippen molar-refractivity contribution in [3.05, 3.63) is 28.3 Å². The molecule has 7 nitrogen and oxygen atoms in total. The average Bonchev–Trinajstić information content (AvgIpc) is 2.35. The molecular weight excluding hydrogens is 260 g/mol. The predicted molar refractivity (Wildman–Crippen MR) is 77.7 cm³/mol. The number of nitrogen functional groups attached to an aromatic ring is 1. The Balaban J connectivity index is 2.36. The number of hydrogen-bond donors (Lipinski definition) is 2. The summed E-state index contributed by atoms with van der Waals surface area (Å²) in [5, 5.41) is 11.0. The van der Waals surface area contributed by atoms with Crippen LogP contribution in [0.2, 0.25) is 0 Å². The van der Waals surface area contributed by atoms with Gasteiger partial charge in [0.25, 0.3) is 5.69 Å². The van der Waals surface area contributed by atoms with Gasteiger partial charge in [0.1, 0.15) is 0 Å². The number of nitrogens with zero attached hydrogens (tertiary/aromatic N) is 2. The van der Waals surface area contributed by atoms with Crippen LogP contribution in [-0.2, 0) is 4.74 Å². The van der Waals surface area contributed by atoms with Crippen molar-refractivity contribution in [2.45, 2.75) is 32.5 Å². The number of nitro groups is 1. The fraction of sp³-hybridized carbons (Fsp3) is 0.538. The van der Waals surface area contributed by atoms with Crippen LogP contribution in [0.4, 0.5) is 17.1 Å². The Hall–Kier alpha value is -1.86. The van der Waals surface area contributed by atoms with Crippen LogP contribution in [-0.4, -0.2) is 29.7 Å². The molecule has 110 valence electrons. The largest absolute Gasteiger partial charge is 0.369 e. The van der Waals surface area contributed by atoms with E-state index < -0.39 is 4.92 Å². The molecule has 0 bridgehead atoms. The van der Waals surface area contributed by atoms with Gasteiger partial charge in [-0.25, -0.2) is 0 Å². The molecule has 0 saturated carbocycles. The van der Waals surface area contributed by atoms with Crippen molar-refractivity contribution in [3.63, 3.8) is 0 Å². The summed E-state index contributed by atoms with van der Waals surface area (Å²) in [5.41, 5.74) is 3.49. The number of morpholine rings is 1. The summed E-state index contributed by atoms with van der Waals surface area (Å²) in [5.74, 6) is 5.38. The van der Waals surface area contributed by atoms with Crippen LogP contribution in [0.15, 0.2) is 18.2 Å². The van der Waals surface area contributed by atoms with E-state index in [1.54, 1.807) is 12.1 Å². The Morgan fingerprint density at radius 2 is 2.20 bits per heavy atom. The number of rotatable bonds is 3. The summed E-state index contributed by atoms with van der Waals surface area (Å²) in [6.45, 7) is 7.37. The van der Waals surface area contributed by atoms with Crippen LogP contribution in [0.3, 0.4) is 0 Å². The normalized spacial score (nSPS) is 21.6. The van der Waals surface area contributed by atoms with Gasteiger partial charge in [0.15, 0.2) is 0 Å². The summed E-state index contributed by atoms with van der Waals surface area (Å²) in [4.78, 5) is 12.7. The first-order valence-electron chi connectivity index (χ1n) is 6.49. The number of benzene rings is 1. The lowest BCUT2D eigenvalue weighted by atomic mass is 10.0. The molecule has 0 amide bonds. The van der Waals surface area contributed by atoms with Crippen LogP contribution in [0.1, 0.15) is 20.8 Å². The summed E-state index contributed by atoms with van der Waals surface area (Å²) < 4.78 is 5.84. The molecule has 0 spiro atoms. The maximum Gasteiger partial charge on any atom is 0.273 e. The summed E-state index contributed by atoms with van der Waals surface area (Å²) >= 11 is 0. The lowest BCUT2D eigenvalue weighted by Crippen LogP contribution is -2.52. The van der Waals surface area contributed by atoms with E-state index in [1.165, 1.54) is 6.07 Å². The van der Waals surface area contributed by atoms with Crippen molar-refractivity contribution < 1.29 is 9.66 Å². The van der Waals surface area contributed by atoms with Gasteiger partial charge >= 0.3 is 0 Å². The lowest BCUT2D eigenvalue weighted by molar-refractivity contribution is -0.384. The number of ether oxygens (including phenoxy) is 1. The molecule has 1 unspecified atom stereocenters. The quantitative estimate of drug-likeness (QED) is 0.499. The third kappa shape index (κ3) is 3.17. The Morgan fingerprint density at radius 3 is 2.75 bits per heavy atom. The molecular formula is C13H20N4O3. The first-order valence-corrected chi connectivity index (χ1v) is 6.49. The summed E-state index contributed by atoms with van der Waals surface area (Å²) in [7, 11) is 0. The Bertz CT molecular complexity index is 518. The number of nitro benzene ring substituents is 1. The van der Waals surface area contributed by atoms with Crippen molar-refractivity contribution in [3.8, 4) is 0 Å². The molecule has 1 aromatic carbocycles. The first kappa shape index (κ1) is 14.5. The second-order valence-corrected chi connectivity index (χ2v) is 5.71. The Kier molecular flexibility index (Phi) is 3.82. The van der Waals surface area contributed by atoms with Crippen molar-refractivity contribution in [1.82, 2.24) is 0 Å². The van der Waals surface area contributed by atoms with Crippen LogP contribution in [0.5, 0.6) is 0 Å². The van der Waals surface area contributed by atoms with Gasteiger partial charge in [0.2, 0.25) is 0 Å². The molecule has 1 atom stereocenters. The van der Waals surface area contributed by atoms with Crippen molar-refractivity contribution in [1.29, 1.82) is 0 Å². The SMILES string of the molecule is CC1CN(c2cc(NN)cc([N+](=O)[O-])c2)CC(C)(C)O1. The fourth-order valence-electron chi connectivity index (χ4n) is 2.62. The van der Waals surface area contributed by atoms with E-state index in [1.807, 2.05) is 20.8 Å². The van der Waals surface area contributed by atoms with Gasteiger partial charge in [-0.15, -0.1) is 0 Å². The highest BCUT2D eigenvalue weighted by molar-refractivity contribution is 5.64. The number of hydrogen-bond acceptors (Lipinski definition) is 6. The molecule has 0 radical (unpaired) electrons. The van der Waals surface area contributed by atoms with Crippen molar-refractivity contribution >= 4 is 17.1 Å². The molecule has 1 heterocycles. The summed E-state index contributed by atoms with van der Waals surface area (Å²) in [6, 6.07) is 4.79. The lowest BCUT2D eigenvalue weighted by Gasteiger charge is -2.42. The minimum Gasteiger partial charge on any atom is -0.369 e. The Labute approximate surface area is 117 Å². The van der Waals surface area contributed by atoms with Gasteiger partial charge in [0.05, 0.1) is 22.3 Å². The Morgan fingerprint density at radius 1 is 1.50 bits per heavy atom. The van der Waals surface area contributed by atoms with Crippen LogP contribution in [0.25, 0.3) is 0 Å². The predicted octanol–water partition coefficient (Wildman–Crippen LogP) is 1.88. The van der Waals surface area contributed by atoms with Crippen molar-refractivity contribution in [2.24, 2.45) is 5.84 Å². The smallest absolute Gasteiger partial charge is 0.273 e. The summed E-state index contributed by atoms with van der Waals surface area (Å²) in [6.07, 6.45) is 0.0623. The maximum atomic E-state index is 11.0.